The van der Waals surface area contributed by atoms with Gasteiger partial charge in [-0.05, 0) is 66.1 Å². The van der Waals surface area contributed by atoms with E-state index in [2.05, 4.69) is 37.9 Å². The van der Waals surface area contributed by atoms with Crippen LogP contribution in [-0.4, -0.2) is 43.1 Å². The minimum Gasteiger partial charge on any atom is -0.497 e. The summed E-state index contributed by atoms with van der Waals surface area (Å²) in [5.74, 6) is 0.211. The summed E-state index contributed by atoms with van der Waals surface area (Å²) in [7, 11) is 3.56. The first-order valence-electron chi connectivity index (χ1n) is 13.9. The molecule has 5 rings (SSSR count). The highest BCUT2D eigenvalue weighted by molar-refractivity contribution is 6.30. The Kier molecular flexibility index (Phi) is 7.53. The molecular formula is C33H37ClN2O5. The van der Waals surface area contributed by atoms with E-state index in [1.54, 1.807) is 49.6 Å². The molecular weight excluding hydrogens is 540 g/mol. The quantitative estimate of drug-likeness (QED) is 0.413. The maximum absolute atomic E-state index is 13.8. The van der Waals surface area contributed by atoms with Crippen molar-refractivity contribution in [3.8, 4) is 11.5 Å². The summed E-state index contributed by atoms with van der Waals surface area (Å²) in [6.07, 6.45) is 2.21. The first-order chi connectivity index (χ1) is 19.3. The van der Waals surface area contributed by atoms with Crippen molar-refractivity contribution in [1.29, 1.82) is 0 Å². The highest BCUT2D eigenvalue weighted by atomic mass is 35.5. The number of nitrogens with zero attached hydrogens (tertiary/aromatic N) is 1. The third kappa shape index (κ3) is 5.78. The molecule has 0 aromatic heterocycles. The third-order valence-corrected chi connectivity index (χ3v) is 8.43. The SMILES string of the molecule is COc1ccc(NC(=O)COc2ccc(Cl)cc2C2C3=C(CC(C)(C)CC3=O)N(C)C3=C2C(=O)CC(C)(C)C3)cc1. The molecule has 0 atom stereocenters. The number of halogens is 1. The van der Waals surface area contributed by atoms with Crippen molar-refractivity contribution >= 4 is 34.8 Å². The van der Waals surface area contributed by atoms with Gasteiger partial charge >= 0.3 is 0 Å². The number of allylic oxidation sites excluding steroid dienone is 4. The summed E-state index contributed by atoms with van der Waals surface area (Å²) in [6.45, 7) is 8.16. The second-order valence-electron chi connectivity index (χ2n) is 12.8. The number of methoxy groups -OCH3 is 1. The molecule has 41 heavy (non-hydrogen) atoms. The van der Waals surface area contributed by atoms with Crippen molar-refractivity contribution in [2.75, 3.05) is 26.1 Å². The van der Waals surface area contributed by atoms with Crippen LogP contribution in [0, 0.1) is 10.8 Å². The largest absolute Gasteiger partial charge is 0.497 e. The number of benzene rings is 2. The topological polar surface area (TPSA) is 84.9 Å². The first-order valence-corrected chi connectivity index (χ1v) is 14.3. The van der Waals surface area contributed by atoms with Gasteiger partial charge in [0.1, 0.15) is 11.5 Å². The highest BCUT2D eigenvalue weighted by Gasteiger charge is 2.48. The number of hydrogen-bond acceptors (Lipinski definition) is 6. The number of anilines is 1. The second-order valence-corrected chi connectivity index (χ2v) is 13.3. The maximum atomic E-state index is 13.8. The Morgan fingerprint density at radius 1 is 0.927 bits per heavy atom. The number of carbonyl (C=O) groups is 3. The molecule has 1 aliphatic heterocycles. The van der Waals surface area contributed by atoms with Crippen molar-refractivity contribution < 1.29 is 23.9 Å². The van der Waals surface area contributed by atoms with E-state index in [9.17, 15) is 14.4 Å². The van der Waals surface area contributed by atoms with E-state index in [0.717, 1.165) is 11.4 Å². The summed E-state index contributed by atoms with van der Waals surface area (Å²) in [6, 6.07) is 12.2. The van der Waals surface area contributed by atoms with Crippen molar-refractivity contribution in [3.05, 3.63) is 75.6 Å². The zero-order valence-corrected chi connectivity index (χ0v) is 25.3. The molecule has 8 heteroatoms. The van der Waals surface area contributed by atoms with Crippen LogP contribution < -0.4 is 14.8 Å². The number of amides is 1. The predicted octanol–water partition coefficient (Wildman–Crippen LogP) is 6.68. The molecule has 0 unspecified atom stereocenters. The molecule has 7 nitrogen and oxygen atoms in total. The molecule has 0 saturated carbocycles. The molecule has 0 radical (unpaired) electrons. The van der Waals surface area contributed by atoms with Gasteiger partial charge in [0, 0.05) is 64.6 Å². The van der Waals surface area contributed by atoms with E-state index in [0.29, 0.717) is 64.6 Å². The maximum Gasteiger partial charge on any atom is 0.262 e. The number of ketones is 2. The van der Waals surface area contributed by atoms with Gasteiger partial charge in [-0.2, -0.15) is 0 Å². The number of hydrogen-bond donors (Lipinski definition) is 1. The summed E-state index contributed by atoms with van der Waals surface area (Å²) in [4.78, 5) is 42.6. The summed E-state index contributed by atoms with van der Waals surface area (Å²) >= 11 is 6.52. The standard InChI is InChI=1S/C33H37ClN2O5/c1-32(2)14-23-30(25(37)16-32)29(31-24(36(23)5)15-33(3,4)17-26(31)38)22-13-19(34)7-12-27(22)41-18-28(39)35-20-8-10-21(40-6)11-9-20/h7-13,29H,14-18H2,1-6H3,(H,35,39). The van der Waals surface area contributed by atoms with Crippen LogP contribution in [0.5, 0.6) is 11.5 Å². The molecule has 1 N–H and O–H groups in total. The van der Waals surface area contributed by atoms with Crippen molar-refractivity contribution in [1.82, 2.24) is 4.90 Å². The summed E-state index contributed by atoms with van der Waals surface area (Å²) in [5.41, 5.74) is 4.00. The van der Waals surface area contributed by atoms with Gasteiger partial charge in [-0.3, -0.25) is 14.4 Å². The molecule has 1 heterocycles. The lowest BCUT2D eigenvalue weighted by Gasteiger charge is -2.48. The Balaban J connectivity index is 1.54. The summed E-state index contributed by atoms with van der Waals surface area (Å²) in [5, 5.41) is 3.29. The fraction of sp³-hybridized carbons (Fsp3) is 0.424. The molecule has 0 fully saturated rings. The highest BCUT2D eigenvalue weighted by Crippen LogP contribution is 2.55. The van der Waals surface area contributed by atoms with Crippen LogP contribution in [0.1, 0.15) is 64.9 Å². The number of ether oxygens (including phenoxy) is 2. The molecule has 0 bridgehead atoms. The van der Waals surface area contributed by atoms with Gasteiger partial charge < -0.3 is 19.7 Å². The van der Waals surface area contributed by atoms with E-state index in [-0.39, 0.29) is 34.9 Å². The summed E-state index contributed by atoms with van der Waals surface area (Å²) < 4.78 is 11.3. The molecule has 1 amide bonds. The van der Waals surface area contributed by atoms with E-state index in [1.807, 2.05) is 7.05 Å². The molecule has 0 saturated heterocycles. The van der Waals surface area contributed by atoms with Crippen molar-refractivity contribution in [3.63, 3.8) is 0 Å². The Hall–Kier alpha value is -3.58. The van der Waals surface area contributed by atoms with Crippen LogP contribution in [0.25, 0.3) is 0 Å². The van der Waals surface area contributed by atoms with Crippen LogP contribution in [0.3, 0.4) is 0 Å². The molecule has 2 aromatic carbocycles. The third-order valence-electron chi connectivity index (χ3n) is 8.20. The molecule has 0 spiro atoms. The van der Waals surface area contributed by atoms with Crippen molar-refractivity contribution in [2.24, 2.45) is 10.8 Å². The van der Waals surface area contributed by atoms with Gasteiger partial charge in [0.05, 0.1) is 7.11 Å². The zero-order valence-electron chi connectivity index (χ0n) is 24.5. The second kappa shape index (κ2) is 10.7. The van der Waals surface area contributed by atoms with Gasteiger partial charge in [-0.25, -0.2) is 0 Å². The van der Waals surface area contributed by atoms with E-state index < -0.39 is 5.92 Å². The van der Waals surface area contributed by atoms with E-state index >= 15 is 0 Å². The minimum absolute atomic E-state index is 0.0282. The van der Waals surface area contributed by atoms with Crippen LogP contribution in [0.4, 0.5) is 5.69 Å². The fourth-order valence-electron chi connectivity index (χ4n) is 6.37. The van der Waals surface area contributed by atoms with Gasteiger partial charge in [0.15, 0.2) is 18.2 Å². The van der Waals surface area contributed by atoms with Gasteiger partial charge in [0.25, 0.3) is 5.91 Å². The Labute approximate surface area is 246 Å². The van der Waals surface area contributed by atoms with Crippen LogP contribution in [-0.2, 0) is 14.4 Å². The number of Topliss-reactive ketones (excluding diaryl/α,β-unsaturated/α-hetero) is 2. The number of nitrogens with one attached hydrogen (secondary N) is 1. The smallest absolute Gasteiger partial charge is 0.262 e. The molecule has 2 aliphatic carbocycles. The van der Waals surface area contributed by atoms with Gasteiger partial charge in [0.2, 0.25) is 0 Å². The zero-order chi connectivity index (χ0) is 29.7. The number of carbonyl (C=O) groups excluding carboxylic acids is 3. The Morgan fingerprint density at radius 2 is 1.49 bits per heavy atom. The van der Waals surface area contributed by atoms with Gasteiger partial charge in [-0.1, -0.05) is 39.3 Å². The minimum atomic E-state index is -0.609. The lowest BCUT2D eigenvalue weighted by molar-refractivity contribution is -0.120. The van der Waals surface area contributed by atoms with Crippen LogP contribution in [0.15, 0.2) is 65.0 Å². The van der Waals surface area contributed by atoms with E-state index in [1.165, 1.54) is 0 Å². The predicted molar refractivity (Wildman–Crippen MR) is 159 cm³/mol. The van der Waals surface area contributed by atoms with Gasteiger partial charge in [-0.15, -0.1) is 0 Å². The monoisotopic (exact) mass is 576 g/mol. The Bertz CT molecular complexity index is 1430. The normalized spacial score (nSPS) is 20.0. The molecule has 2 aromatic rings. The van der Waals surface area contributed by atoms with E-state index in [4.69, 9.17) is 21.1 Å². The average molecular weight is 577 g/mol. The molecule has 3 aliphatic rings. The lowest BCUT2D eigenvalue weighted by Crippen LogP contribution is -2.43. The average Bonchev–Trinajstić information content (AvgIpc) is 2.88. The fourth-order valence-corrected chi connectivity index (χ4v) is 6.55. The lowest BCUT2D eigenvalue weighted by atomic mass is 9.63. The molecule has 216 valence electrons. The van der Waals surface area contributed by atoms with Crippen LogP contribution >= 0.6 is 11.6 Å². The first kappa shape index (κ1) is 28.9. The number of rotatable bonds is 6. The van der Waals surface area contributed by atoms with Crippen molar-refractivity contribution in [2.45, 2.75) is 59.3 Å². The van der Waals surface area contributed by atoms with Crippen LogP contribution in [0.2, 0.25) is 5.02 Å². The Morgan fingerprint density at radius 3 is 2.02 bits per heavy atom.